The number of aliphatic hydroxyl groups excluding tert-OH is 1. The molecule has 0 aliphatic rings. The minimum absolute atomic E-state index is 0.0193. The van der Waals surface area contributed by atoms with Crippen LogP contribution in [0, 0.1) is 0 Å². The van der Waals surface area contributed by atoms with E-state index in [1.807, 2.05) is 0 Å². The summed E-state index contributed by atoms with van der Waals surface area (Å²) in [6, 6.07) is 3.48. The molecule has 0 unspecified atom stereocenters. The van der Waals surface area contributed by atoms with Crippen LogP contribution in [0.15, 0.2) is 26.2 Å². The molecular formula is C9H10Br2N2O2. The van der Waals surface area contributed by atoms with Gasteiger partial charge in [-0.2, -0.15) is 5.10 Å². The van der Waals surface area contributed by atoms with Gasteiger partial charge in [-0.05, 0) is 28.1 Å². The predicted molar refractivity (Wildman–Crippen MR) is 66.2 cm³/mol. The van der Waals surface area contributed by atoms with Crippen molar-refractivity contribution in [2.75, 3.05) is 13.2 Å². The summed E-state index contributed by atoms with van der Waals surface area (Å²) in [6.45, 7) is 0.401. The fourth-order valence-corrected chi connectivity index (χ4v) is 2.17. The molecule has 0 aliphatic heterocycles. The zero-order chi connectivity index (χ0) is 11.3. The van der Waals surface area contributed by atoms with E-state index >= 15 is 0 Å². The number of hydrogen-bond donors (Lipinski definition) is 3. The Morgan fingerprint density at radius 2 is 2.13 bits per heavy atom. The van der Waals surface area contributed by atoms with Gasteiger partial charge >= 0.3 is 0 Å². The molecule has 0 aromatic heterocycles. The van der Waals surface area contributed by atoms with Crippen LogP contribution in [-0.2, 0) is 0 Å². The van der Waals surface area contributed by atoms with Crippen LogP contribution >= 0.6 is 31.9 Å². The lowest BCUT2D eigenvalue weighted by Gasteiger charge is -2.02. The molecule has 0 heterocycles. The maximum atomic E-state index is 9.64. The molecule has 4 nitrogen and oxygen atoms in total. The third-order valence-corrected chi connectivity index (χ3v) is 2.64. The van der Waals surface area contributed by atoms with Gasteiger partial charge in [0.25, 0.3) is 0 Å². The number of hydrogen-bond acceptors (Lipinski definition) is 4. The summed E-state index contributed by atoms with van der Waals surface area (Å²) in [4.78, 5) is 0. The number of phenols is 1. The SMILES string of the molecule is OCCNN=Cc1cc(Br)cc(Br)c1O. The third kappa shape index (κ3) is 3.81. The first-order valence-electron chi connectivity index (χ1n) is 4.20. The third-order valence-electron chi connectivity index (χ3n) is 1.58. The fourth-order valence-electron chi connectivity index (χ4n) is 0.914. The second kappa shape index (κ2) is 6.09. The first-order valence-corrected chi connectivity index (χ1v) is 5.78. The number of benzene rings is 1. The normalized spacial score (nSPS) is 10.9. The average Bonchev–Trinajstić information content (AvgIpc) is 2.19. The molecule has 3 N–H and O–H groups in total. The number of nitrogens with zero attached hydrogens (tertiary/aromatic N) is 1. The highest BCUT2D eigenvalue weighted by Crippen LogP contribution is 2.30. The van der Waals surface area contributed by atoms with E-state index in [1.54, 1.807) is 12.1 Å². The summed E-state index contributed by atoms with van der Waals surface area (Å²) in [5.74, 6) is 0.132. The highest BCUT2D eigenvalue weighted by molar-refractivity contribution is 9.11. The van der Waals surface area contributed by atoms with Crippen molar-refractivity contribution in [3.63, 3.8) is 0 Å². The molecule has 0 amide bonds. The highest BCUT2D eigenvalue weighted by atomic mass is 79.9. The van der Waals surface area contributed by atoms with Crippen molar-refractivity contribution in [1.29, 1.82) is 0 Å². The van der Waals surface area contributed by atoms with Gasteiger partial charge in [-0.1, -0.05) is 15.9 Å². The largest absolute Gasteiger partial charge is 0.506 e. The average molecular weight is 338 g/mol. The van der Waals surface area contributed by atoms with Crippen LogP contribution in [0.3, 0.4) is 0 Å². The first kappa shape index (κ1) is 12.5. The Bertz CT molecular complexity index is 369. The van der Waals surface area contributed by atoms with Gasteiger partial charge in [0, 0.05) is 10.0 Å². The molecule has 0 radical (unpaired) electrons. The number of aromatic hydroxyl groups is 1. The van der Waals surface area contributed by atoms with E-state index < -0.39 is 0 Å². The van der Waals surface area contributed by atoms with Crippen LogP contribution in [0.25, 0.3) is 0 Å². The number of phenolic OH excluding ortho intramolecular Hbond substituents is 1. The van der Waals surface area contributed by atoms with Crippen LogP contribution < -0.4 is 5.43 Å². The number of nitrogens with one attached hydrogen (secondary N) is 1. The van der Waals surface area contributed by atoms with Gasteiger partial charge in [0.05, 0.1) is 23.8 Å². The van der Waals surface area contributed by atoms with Gasteiger partial charge in [-0.25, -0.2) is 0 Å². The minimum atomic E-state index is 0.0193. The predicted octanol–water partition coefficient (Wildman–Crippen LogP) is 1.83. The standard InChI is InChI=1S/C9H10Br2N2O2/c10-7-3-6(5-13-12-1-2-14)9(15)8(11)4-7/h3-5,12,14-15H,1-2H2. The van der Waals surface area contributed by atoms with E-state index in [9.17, 15) is 5.11 Å². The molecule has 15 heavy (non-hydrogen) atoms. The summed E-state index contributed by atoms with van der Waals surface area (Å²) in [6.07, 6.45) is 1.49. The van der Waals surface area contributed by atoms with Gasteiger partial charge < -0.3 is 15.6 Å². The summed E-state index contributed by atoms with van der Waals surface area (Å²) in [5.41, 5.74) is 3.21. The number of rotatable bonds is 4. The quantitative estimate of drug-likeness (QED) is 0.446. The van der Waals surface area contributed by atoms with Crippen LogP contribution in [-0.4, -0.2) is 29.6 Å². The van der Waals surface area contributed by atoms with E-state index in [0.717, 1.165) is 4.47 Å². The molecule has 0 spiro atoms. The Morgan fingerprint density at radius 1 is 1.40 bits per heavy atom. The first-order chi connectivity index (χ1) is 7.15. The second-order valence-electron chi connectivity index (χ2n) is 2.72. The topological polar surface area (TPSA) is 64.8 Å². The van der Waals surface area contributed by atoms with E-state index in [1.165, 1.54) is 6.21 Å². The lowest BCUT2D eigenvalue weighted by Crippen LogP contribution is -2.11. The van der Waals surface area contributed by atoms with E-state index in [0.29, 0.717) is 16.6 Å². The van der Waals surface area contributed by atoms with Gasteiger partial charge in [0.2, 0.25) is 0 Å². The fraction of sp³-hybridized carbons (Fsp3) is 0.222. The number of halogens is 2. The van der Waals surface area contributed by atoms with Crippen molar-refractivity contribution in [3.05, 3.63) is 26.6 Å². The maximum absolute atomic E-state index is 9.64. The molecule has 82 valence electrons. The van der Waals surface area contributed by atoms with Crippen LogP contribution in [0.2, 0.25) is 0 Å². The molecule has 0 bridgehead atoms. The summed E-state index contributed by atoms with van der Waals surface area (Å²) in [5, 5.41) is 22.0. The van der Waals surface area contributed by atoms with Crippen LogP contribution in [0.4, 0.5) is 0 Å². The summed E-state index contributed by atoms with van der Waals surface area (Å²) < 4.78 is 1.44. The zero-order valence-corrected chi connectivity index (χ0v) is 10.9. The van der Waals surface area contributed by atoms with E-state index in [-0.39, 0.29) is 12.4 Å². The molecule has 0 saturated carbocycles. The Kier molecular flexibility index (Phi) is 5.07. The summed E-state index contributed by atoms with van der Waals surface area (Å²) >= 11 is 6.52. The molecule has 0 saturated heterocycles. The van der Waals surface area contributed by atoms with Crippen LogP contribution in [0.5, 0.6) is 5.75 Å². The number of hydrazone groups is 1. The highest BCUT2D eigenvalue weighted by Gasteiger charge is 2.04. The Balaban J connectivity index is 2.80. The van der Waals surface area contributed by atoms with Crippen molar-refractivity contribution in [2.45, 2.75) is 0 Å². The lowest BCUT2D eigenvalue weighted by molar-refractivity contribution is 0.294. The molecule has 1 rings (SSSR count). The van der Waals surface area contributed by atoms with Crippen molar-refractivity contribution in [2.24, 2.45) is 5.10 Å². The molecule has 1 aromatic carbocycles. The Hall–Kier alpha value is -0.590. The van der Waals surface area contributed by atoms with Crippen molar-refractivity contribution >= 4 is 38.1 Å². The summed E-state index contributed by atoms with van der Waals surface area (Å²) in [7, 11) is 0. The van der Waals surface area contributed by atoms with Crippen molar-refractivity contribution < 1.29 is 10.2 Å². The van der Waals surface area contributed by atoms with Gasteiger partial charge in [-0.15, -0.1) is 0 Å². The monoisotopic (exact) mass is 336 g/mol. The Morgan fingerprint density at radius 3 is 2.80 bits per heavy atom. The molecule has 1 aromatic rings. The van der Waals surface area contributed by atoms with Gasteiger partial charge in [0.1, 0.15) is 5.75 Å². The number of aliphatic hydroxyl groups is 1. The molecule has 0 fully saturated rings. The van der Waals surface area contributed by atoms with E-state index in [2.05, 4.69) is 42.4 Å². The second-order valence-corrected chi connectivity index (χ2v) is 4.49. The van der Waals surface area contributed by atoms with Crippen LogP contribution in [0.1, 0.15) is 5.56 Å². The smallest absolute Gasteiger partial charge is 0.138 e. The molecule has 6 heteroatoms. The Labute approximate surface area is 104 Å². The minimum Gasteiger partial charge on any atom is -0.506 e. The molecular weight excluding hydrogens is 328 g/mol. The molecule has 0 atom stereocenters. The van der Waals surface area contributed by atoms with Crippen molar-refractivity contribution in [1.82, 2.24) is 5.43 Å². The molecule has 0 aliphatic carbocycles. The van der Waals surface area contributed by atoms with E-state index in [4.69, 9.17) is 5.11 Å². The van der Waals surface area contributed by atoms with Crippen molar-refractivity contribution in [3.8, 4) is 5.75 Å². The van der Waals surface area contributed by atoms with Gasteiger partial charge in [-0.3, -0.25) is 0 Å². The lowest BCUT2D eigenvalue weighted by atomic mass is 10.2. The maximum Gasteiger partial charge on any atom is 0.138 e. The van der Waals surface area contributed by atoms with Gasteiger partial charge in [0.15, 0.2) is 0 Å². The zero-order valence-electron chi connectivity index (χ0n) is 7.74.